The predicted octanol–water partition coefficient (Wildman–Crippen LogP) is 10.5. The van der Waals surface area contributed by atoms with Gasteiger partial charge in [0.2, 0.25) is 0 Å². The van der Waals surface area contributed by atoms with Crippen LogP contribution < -0.4 is 9.47 Å². The lowest BCUT2D eigenvalue weighted by molar-refractivity contribution is -0.123. The molecule has 6 aromatic rings. The molecule has 1 saturated heterocycles. The fourth-order valence-corrected chi connectivity index (χ4v) is 6.98. The Labute approximate surface area is 298 Å². The largest absolute Gasteiger partial charge is 0.485 e. The van der Waals surface area contributed by atoms with Gasteiger partial charge in [-0.05, 0) is 76.3 Å². The maximum Gasteiger partial charge on any atom is 0.293 e. The van der Waals surface area contributed by atoms with Gasteiger partial charge in [0.15, 0.2) is 11.5 Å². The van der Waals surface area contributed by atoms with E-state index in [0.29, 0.717) is 51.6 Å². The number of aromatic amines is 1. The molecule has 49 heavy (non-hydrogen) atoms. The lowest BCUT2D eigenvalue weighted by Gasteiger charge is -2.16. The normalized spacial score (nSPS) is 14.0. The molecule has 1 N–H and O–H groups in total. The van der Waals surface area contributed by atoms with Crippen molar-refractivity contribution >= 4 is 62.6 Å². The zero-order valence-electron chi connectivity index (χ0n) is 26.2. The third-order valence-corrected chi connectivity index (χ3v) is 9.98. The predicted molar refractivity (Wildman–Crippen MR) is 197 cm³/mol. The van der Waals surface area contributed by atoms with Crippen molar-refractivity contribution < 1.29 is 19.1 Å². The van der Waals surface area contributed by atoms with E-state index >= 15 is 0 Å². The Morgan fingerprint density at radius 3 is 2.04 bits per heavy atom. The van der Waals surface area contributed by atoms with Crippen LogP contribution in [0.4, 0.5) is 4.79 Å². The van der Waals surface area contributed by atoms with E-state index in [4.69, 9.17) is 32.7 Å². The van der Waals surface area contributed by atoms with Crippen LogP contribution in [0.1, 0.15) is 27.8 Å². The van der Waals surface area contributed by atoms with E-state index in [-0.39, 0.29) is 17.7 Å². The number of hydrogen-bond acceptors (Lipinski definition) is 5. The quantitative estimate of drug-likeness (QED) is 0.136. The Balaban J connectivity index is 1.25. The van der Waals surface area contributed by atoms with Gasteiger partial charge < -0.3 is 14.5 Å². The van der Waals surface area contributed by atoms with Crippen molar-refractivity contribution in [1.82, 2.24) is 9.88 Å². The lowest BCUT2D eigenvalue weighted by Crippen LogP contribution is -2.27. The lowest BCUT2D eigenvalue weighted by atomic mass is 9.96. The SMILES string of the molecule is O=C1SC(=C(Cc2ccc(OCc3ccccc3)c(OCc3ccccc3)c2)c2c[nH]c3ccccc23)C(=O)N1Cc1ccc(Cl)c(Cl)c1. The molecule has 0 bridgehead atoms. The summed E-state index contributed by atoms with van der Waals surface area (Å²) in [7, 11) is 0. The van der Waals surface area contributed by atoms with Crippen LogP contribution >= 0.6 is 35.0 Å². The third kappa shape index (κ3) is 7.39. The number of benzene rings is 5. The number of fused-ring (bicyclic) bond motifs is 1. The summed E-state index contributed by atoms with van der Waals surface area (Å²) < 4.78 is 12.6. The van der Waals surface area contributed by atoms with Crippen LogP contribution in [0, 0.1) is 0 Å². The number of nitrogens with zero attached hydrogens (tertiary/aromatic N) is 1. The summed E-state index contributed by atoms with van der Waals surface area (Å²) in [5, 5.41) is 1.38. The summed E-state index contributed by atoms with van der Waals surface area (Å²) in [5.41, 5.74) is 6.19. The molecule has 1 aliphatic rings. The average molecular weight is 706 g/mol. The minimum absolute atomic E-state index is 0.0805. The molecule has 1 fully saturated rings. The van der Waals surface area contributed by atoms with E-state index in [2.05, 4.69) is 4.98 Å². The molecule has 0 unspecified atom stereocenters. The molecule has 6 nitrogen and oxygen atoms in total. The van der Waals surface area contributed by atoms with Crippen LogP contribution in [0.2, 0.25) is 10.0 Å². The second-order valence-electron chi connectivity index (χ2n) is 11.6. The highest BCUT2D eigenvalue weighted by Crippen LogP contribution is 2.42. The van der Waals surface area contributed by atoms with Crippen molar-refractivity contribution in [3.63, 3.8) is 0 Å². The number of hydrogen-bond donors (Lipinski definition) is 1. The molecule has 7 rings (SSSR count). The summed E-state index contributed by atoms with van der Waals surface area (Å²) in [5.74, 6) is 0.840. The fourth-order valence-electron chi connectivity index (χ4n) is 5.73. The number of carbonyl (C=O) groups is 2. The summed E-state index contributed by atoms with van der Waals surface area (Å²) in [6, 6.07) is 38.8. The van der Waals surface area contributed by atoms with E-state index in [9.17, 15) is 9.59 Å². The van der Waals surface area contributed by atoms with Gasteiger partial charge in [0, 0.05) is 22.7 Å². The Hall–Kier alpha value is -4.95. The molecule has 0 atom stereocenters. The Morgan fingerprint density at radius 2 is 1.33 bits per heavy atom. The Morgan fingerprint density at radius 1 is 0.673 bits per heavy atom. The first-order valence-corrected chi connectivity index (χ1v) is 17.2. The van der Waals surface area contributed by atoms with Gasteiger partial charge in [0.05, 0.1) is 21.5 Å². The summed E-state index contributed by atoms with van der Waals surface area (Å²) in [4.78, 5) is 32.4. The third-order valence-electron chi connectivity index (χ3n) is 8.23. The van der Waals surface area contributed by atoms with Crippen LogP contribution in [0.15, 0.2) is 132 Å². The molecule has 2 heterocycles. The number of ether oxygens (including phenoxy) is 2. The van der Waals surface area contributed by atoms with Crippen molar-refractivity contribution in [3.05, 3.63) is 170 Å². The molecule has 2 amide bonds. The fraction of sp³-hybridized carbons (Fsp3) is 0.100. The first-order chi connectivity index (χ1) is 23.9. The van der Waals surface area contributed by atoms with Crippen LogP contribution in [0.3, 0.4) is 0 Å². The van der Waals surface area contributed by atoms with Crippen molar-refractivity contribution in [1.29, 1.82) is 0 Å². The highest BCUT2D eigenvalue weighted by Gasteiger charge is 2.38. The van der Waals surface area contributed by atoms with E-state index in [0.717, 1.165) is 50.5 Å². The molecule has 0 saturated carbocycles. The molecule has 0 aliphatic carbocycles. The zero-order chi connectivity index (χ0) is 33.7. The molecule has 5 aromatic carbocycles. The van der Waals surface area contributed by atoms with Crippen LogP contribution in [-0.4, -0.2) is 21.0 Å². The number of carbonyl (C=O) groups excluding carboxylic acids is 2. The van der Waals surface area contributed by atoms with Crippen molar-refractivity contribution in [2.24, 2.45) is 0 Å². The van der Waals surface area contributed by atoms with E-state index in [1.807, 2.05) is 109 Å². The monoisotopic (exact) mass is 704 g/mol. The van der Waals surface area contributed by atoms with Gasteiger partial charge in [-0.25, -0.2) is 0 Å². The second-order valence-corrected chi connectivity index (χ2v) is 13.3. The number of imide groups is 1. The first-order valence-electron chi connectivity index (χ1n) is 15.7. The minimum Gasteiger partial charge on any atom is -0.485 e. The summed E-state index contributed by atoms with van der Waals surface area (Å²) in [6.07, 6.45) is 2.27. The number of aromatic nitrogens is 1. The standard InChI is InChI=1S/C40H30Cl2N2O4S/c41-33-17-15-29(20-34(33)42)23-44-39(45)38(49-40(44)46)31(32-22-43-35-14-8-7-13-30(32)35)19-28-16-18-36(47-24-26-9-3-1-4-10-26)37(21-28)48-25-27-11-5-2-6-12-27/h1-18,20-22,43H,19,23-25H2. The van der Waals surface area contributed by atoms with Gasteiger partial charge in [0.1, 0.15) is 13.2 Å². The summed E-state index contributed by atoms with van der Waals surface area (Å²) >= 11 is 13.3. The molecule has 0 radical (unpaired) electrons. The molecule has 1 aromatic heterocycles. The van der Waals surface area contributed by atoms with Crippen molar-refractivity contribution in [3.8, 4) is 11.5 Å². The van der Waals surface area contributed by atoms with Crippen molar-refractivity contribution in [2.45, 2.75) is 26.2 Å². The average Bonchev–Trinajstić information content (AvgIpc) is 3.68. The molecule has 1 aliphatic heterocycles. The Bertz CT molecular complexity index is 2180. The van der Waals surface area contributed by atoms with Crippen LogP contribution in [0.25, 0.3) is 16.5 Å². The number of para-hydroxylation sites is 1. The second kappa shape index (κ2) is 14.7. The first kappa shape index (κ1) is 32.6. The van der Waals surface area contributed by atoms with Gasteiger partial charge in [-0.1, -0.05) is 114 Å². The topological polar surface area (TPSA) is 71.6 Å². The molecular formula is C40H30Cl2N2O4S. The molecule has 9 heteroatoms. The van der Waals surface area contributed by atoms with Gasteiger partial charge in [-0.15, -0.1) is 0 Å². The van der Waals surface area contributed by atoms with E-state index in [1.165, 1.54) is 4.90 Å². The number of rotatable bonds is 11. The number of H-pyrrole nitrogens is 1. The van der Waals surface area contributed by atoms with E-state index < -0.39 is 0 Å². The smallest absolute Gasteiger partial charge is 0.293 e. The van der Waals surface area contributed by atoms with Crippen molar-refractivity contribution in [2.75, 3.05) is 0 Å². The number of thioether (sulfide) groups is 1. The number of amides is 2. The highest BCUT2D eigenvalue weighted by molar-refractivity contribution is 8.18. The van der Waals surface area contributed by atoms with Crippen LogP contribution in [0.5, 0.6) is 11.5 Å². The van der Waals surface area contributed by atoms with Gasteiger partial charge in [-0.3, -0.25) is 14.5 Å². The van der Waals surface area contributed by atoms with Gasteiger partial charge in [0.25, 0.3) is 11.1 Å². The van der Waals surface area contributed by atoms with Gasteiger partial charge in [-0.2, -0.15) is 0 Å². The Kier molecular flexibility index (Phi) is 9.75. The highest BCUT2D eigenvalue weighted by atomic mass is 35.5. The van der Waals surface area contributed by atoms with Crippen LogP contribution in [-0.2, 0) is 31.0 Å². The molecule has 244 valence electrons. The van der Waals surface area contributed by atoms with E-state index in [1.54, 1.807) is 18.2 Å². The number of halogens is 2. The number of nitrogens with one attached hydrogen (secondary N) is 1. The summed E-state index contributed by atoms with van der Waals surface area (Å²) in [6.45, 7) is 0.820. The minimum atomic E-state index is -0.357. The molecular weight excluding hydrogens is 675 g/mol. The zero-order valence-corrected chi connectivity index (χ0v) is 28.5. The maximum absolute atomic E-state index is 14.0. The number of allylic oxidation sites excluding steroid dienone is 1. The maximum atomic E-state index is 14.0. The van der Waals surface area contributed by atoms with Gasteiger partial charge >= 0.3 is 0 Å². The molecule has 0 spiro atoms.